The highest BCUT2D eigenvalue weighted by molar-refractivity contribution is 6.99. The van der Waals surface area contributed by atoms with E-state index in [0.717, 1.165) is 65.8 Å². The summed E-state index contributed by atoms with van der Waals surface area (Å²) in [5.41, 5.74) is 0. The number of hydrogen-bond acceptors (Lipinski definition) is 20. The second-order valence-corrected chi connectivity index (χ2v) is 20.7. The lowest BCUT2D eigenvalue weighted by atomic mass is 10.2. The molecule has 21 nitrogen and oxygen atoms in total. The first-order chi connectivity index (χ1) is 31.5. The molecule has 2 aromatic rings. The molecule has 374 valence electrons. The average molecular weight is 977 g/mol. The SMILES string of the molecule is C[C@H](O[Si](c1ccccc1)(c1ccccc1)C(C)(C)C)C(=O)O[C@H](C)C(=O)O[C@H](C)C(=O)O[C@H](C)C(=O)O[C@H](C)C(=O)O[C@H](C)C(=O)O[C@H](C)C(=O)O[C@H](C)C(=O)O[C@H](C)C(=O)O[C@H](C)C(=O)O. The van der Waals surface area contributed by atoms with Crippen molar-refractivity contribution in [3.05, 3.63) is 60.7 Å². The topological polar surface area (TPSA) is 283 Å². The second kappa shape index (κ2) is 25.5. The van der Waals surface area contributed by atoms with E-state index in [1.165, 1.54) is 13.8 Å². The molecule has 0 radical (unpaired) electrons. The van der Waals surface area contributed by atoms with Gasteiger partial charge in [0.05, 0.1) is 0 Å². The molecule has 0 aliphatic carbocycles. The zero-order chi connectivity index (χ0) is 51.8. The molecule has 2 rings (SSSR count). The second-order valence-electron chi connectivity index (χ2n) is 16.5. The lowest BCUT2D eigenvalue weighted by molar-refractivity contribution is -0.189. The van der Waals surface area contributed by atoms with Crippen molar-refractivity contribution >= 4 is 78.4 Å². The van der Waals surface area contributed by atoms with Gasteiger partial charge in [0.2, 0.25) is 0 Å². The number of carbonyl (C=O) groups excluding carboxylic acids is 9. The van der Waals surface area contributed by atoms with E-state index in [4.69, 9.17) is 47.4 Å². The predicted octanol–water partition coefficient (Wildman–Crippen LogP) is 2.42. The van der Waals surface area contributed by atoms with Crippen molar-refractivity contribution in [1.29, 1.82) is 0 Å². The largest absolute Gasteiger partial charge is 0.479 e. The van der Waals surface area contributed by atoms with Crippen LogP contribution in [0.4, 0.5) is 0 Å². The van der Waals surface area contributed by atoms with Crippen LogP contribution in [-0.2, 0) is 95.0 Å². The number of carbonyl (C=O) groups is 10. The Morgan fingerprint density at radius 3 is 0.735 bits per heavy atom. The molecule has 0 saturated heterocycles. The normalized spacial score (nSPS) is 15.8. The maximum atomic E-state index is 13.4. The van der Waals surface area contributed by atoms with Crippen molar-refractivity contribution < 1.29 is 100 Å². The zero-order valence-corrected chi connectivity index (χ0v) is 41.2. The number of carboxylic acid groups (broad SMARTS) is 1. The van der Waals surface area contributed by atoms with Gasteiger partial charge < -0.3 is 52.2 Å². The van der Waals surface area contributed by atoms with Crippen LogP contribution in [0.1, 0.15) is 90.0 Å². The van der Waals surface area contributed by atoms with Crippen molar-refractivity contribution in [3.8, 4) is 0 Å². The molecule has 0 aliphatic heterocycles. The predicted molar refractivity (Wildman–Crippen MR) is 236 cm³/mol. The van der Waals surface area contributed by atoms with Crippen LogP contribution in [0.2, 0.25) is 5.04 Å². The molecule has 0 aliphatic rings. The molecule has 22 heteroatoms. The summed E-state index contributed by atoms with van der Waals surface area (Å²) in [5, 5.41) is 10.2. The fraction of sp³-hybridized carbons (Fsp3) is 0.522. The molecular formula is C46H60O21Si. The zero-order valence-electron chi connectivity index (χ0n) is 40.2. The molecule has 0 amide bonds. The summed E-state index contributed by atoms with van der Waals surface area (Å²) < 4.78 is 51.6. The van der Waals surface area contributed by atoms with Crippen molar-refractivity contribution in [2.24, 2.45) is 0 Å². The molecule has 0 spiro atoms. The molecule has 0 heterocycles. The number of carboxylic acids is 1. The first kappa shape index (κ1) is 57.4. The summed E-state index contributed by atoms with van der Waals surface area (Å²) in [6.45, 7) is 17.6. The van der Waals surface area contributed by atoms with Crippen LogP contribution in [0.15, 0.2) is 60.7 Å². The quantitative estimate of drug-likeness (QED) is 0.0950. The van der Waals surface area contributed by atoms with E-state index >= 15 is 0 Å². The van der Waals surface area contributed by atoms with Gasteiger partial charge in [-0.2, -0.15) is 0 Å². The third kappa shape index (κ3) is 16.3. The van der Waals surface area contributed by atoms with Crippen molar-refractivity contribution in [2.45, 2.75) is 156 Å². The van der Waals surface area contributed by atoms with E-state index in [9.17, 15) is 47.9 Å². The number of rotatable bonds is 23. The molecular weight excluding hydrogens is 917 g/mol. The molecule has 0 aromatic heterocycles. The van der Waals surface area contributed by atoms with E-state index in [2.05, 4.69) is 4.74 Å². The fourth-order valence-corrected chi connectivity index (χ4v) is 10.5. The van der Waals surface area contributed by atoms with E-state index in [0.29, 0.717) is 0 Å². The average Bonchev–Trinajstić information content (AvgIpc) is 3.27. The lowest BCUT2D eigenvalue weighted by Gasteiger charge is -2.44. The number of ether oxygens (including phenoxy) is 9. The highest BCUT2D eigenvalue weighted by atomic mass is 28.4. The summed E-state index contributed by atoms with van der Waals surface area (Å²) in [4.78, 5) is 125. The minimum atomic E-state index is -3.18. The van der Waals surface area contributed by atoms with Gasteiger partial charge in [0.25, 0.3) is 8.32 Å². The van der Waals surface area contributed by atoms with Crippen molar-refractivity contribution in [3.63, 3.8) is 0 Å². The van der Waals surface area contributed by atoms with Gasteiger partial charge in [0.1, 0.15) is 6.10 Å². The number of esters is 9. The van der Waals surface area contributed by atoms with Crippen LogP contribution in [-0.4, -0.2) is 134 Å². The Hall–Kier alpha value is -6.68. The summed E-state index contributed by atoms with van der Waals surface area (Å²) >= 11 is 0. The van der Waals surface area contributed by atoms with Gasteiger partial charge >= 0.3 is 59.7 Å². The van der Waals surface area contributed by atoms with Gasteiger partial charge in [-0.15, -0.1) is 0 Å². The van der Waals surface area contributed by atoms with Crippen LogP contribution in [0, 0.1) is 0 Å². The van der Waals surface area contributed by atoms with Gasteiger partial charge in [-0.3, -0.25) is 0 Å². The molecule has 10 atom stereocenters. The van der Waals surface area contributed by atoms with Crippen LogP contribution in [0.5, 0.6) is 0 Å². The Balaban J connectivity index is 1.88. The molecule has 0 fully saturated rings. The number of hydrogen-bond donors (Lipinski definition) is 1. The van der Waals surface area contributed by atoms with Crippen LogP contribution in [0.3, 0.4) is 0 Å². The van der Waals surface area contributed by atoms with E-state index < -0.39 is 134 Å². The Kier molecular flexibility index (Phi) is 21.5. The summed E-state index contributed by atoms with van der Waals surface area (Å²) in [7, 11) is -3.18. The highest BCUT2D eigenvalue weighted by Gasteiger charge is 2.52. The summed E-state index contributed by atoms with van der Waals surface area (Å²) in [6, 6.07) is 19.1. The number of aliphatic carboxylic acids is 1. The molecule has 68 heavy (non-hydrogen) atoms. The molecule has 2 aromatic carbocycles. The van der Waals surface area contributed by atoms with Crippen molar-refractivity contribution in [1.82, 2.24) is 0 Å². The van der Waals surface area contributed by atoms with E-state index in [-0.39, 0.29) is 0 Å². The first-order valence-electron chi connectivity index (χ1n) is 21.4. The third-order valence-electron chi connectivity index (χ3n) is 9.74. The fourth-order valence-electron chi connectivity index (χ4n) is 5.87. The van der Waals surface area contributed by atoms with Crippen LogP contribution in [0.25, 0.3) is 0 Å². The Morgan fingerprint density at radius 1 is 0.353 bits per heavy atom. The minimum absolute atomic E-state index is 0.467. The third-order valence-corrected chi connectivity index (χ3v) is 14.9. The van der Waals surface area contributed by atoms with Gasteiger partial charge in [0, 0.05) is 0 Å². The standard InChI is InChI=1S/C46H60O21Si/c1-24(36(47)48)58-37(49)25(2)59-38(50)26(3)60-39(51)27(4)61-40(52)28(5)62-41(53)29(6)63-42(54)30(7)64-43(55)31(8)65-44(56)32(9)66-45(57)33(10)67-68(46(11,12)13,34-20-16-14-17-21-34)35-22-18-15-19-23-35/h14-33H,1-13H3,(H,47,48)/t24-,25-,26-,27-,28-,29-,30-,31-,32-,33+/m1/s1. The monoisotopic (exact) mass is 976 g/mol. The smallest absolute Gasteiger partial charge is 0.347 e. The maximum Gasteiger partial charge on any atom is 0.347 e. The highest BCUT2D eigenvalue weighted by Crippen LogP contribution is 2.37. The molecule has 0 unspecified atom stereocenters. The van der Waals surface area contributed by atoms with E-state index in [1.807, 2.05) is 81.4 Å². The Labute approximate surface area is 394 Å². The van der Waals surface area contributed by atoms with Crippen LogP contribution >= 0.6 is 0 Å². The summed E-state index contributed by atoms with van der Waals surface area (Å²) in [6.07, 6.45) is -15.6. The Morgan fingerprint density at radius 2 is 0.544 bits per heavy atom. The van der Waals surface area contributed by atoms with Gasteiger partial charge in [-0.25, -0.2) is 47.9 Å². The lowest BCUT2D eigenvalue weighted by Crippen LogP contribution is -2.68. The maximum absolute atomic E-state index is 13.4. The van der Waals surface area contributed by atoms with Gasteiger partial charge in [0.15, 0.2) is 54.9 Å². The summed E-state index contributed by atoms with van der Waals surface area (Å²) in [5.74, 6) is -12.0. The molecule has 0 bridgehead atoms. The van der Waals surface area contributed by atoms with Gasteiger partial charge in [-0.1, -0.05) is 81.4 Å². The van der Waals surface area contributed by atoms with E-state index in [1.54, 1.807) is 0 Å². The molecule has 0 saturated carbocycles. The molecule has 1 N–H and O–H groups in total. The minimum Gasteiger partial charge on any atom is -0.479 e. The van der Waals surface area contributed by atoms with Crippen LogP contribution < -0.4 is 10.4 Å². The first-order valence-corrected chi connectivity index (χ1v) is 23.3. The number of benzene rings is 2. The van der Waals surface area contributed by atoms with Gasteiger partial charge in [-0.05, 0) is 84.6 Å². The van der Waals surface area contributed by atoms with Crippen molar-refractivity contribution in [2.75, 3.05) is 0 Å². The Bertz CT molecular complexity index is 2080.